The van der Waals surface area contributed by atoms with Crippen LogP contribution in [0.1, 0.15) is 52.5 Å². The van der Waals surface area contributed by atoms with Gasteiger partial charge in [-0.15, -0.1) is 0 Å². The van der Waals surface area contributed by atoms with Crippen molar-refractivity contribution < 1.29 is 4.79 Å². The summed E-state index contributed by atoms with van der Waals surface area (Å²) in [5, 5.41) is 7.56. The zero-order valence-electron chi connectivity index (χ0n) is 15.4. The van der Waals surface area contributed by atoms with Gasteiger partial charge in [-0.1, -0.05) is 37.3 Å². The maximum atomic E-state index is 13.5. The first-order valence-corrected chi connectivity index (χ1v) is 9.62. The number of imidazole rings is 1. The second kappa shape index (κ2) is 6.37. The van der Waals surface area contributed by atoms with Crippen LogP contribution in [0.5, 0.6) is 0 Å². The van der Waals surface area contributed by atoms with Crippen LogP contribution in [0.25, 0.3) is 0 Å². The smallest absolute Gasteiger partial charge is 0.275 e. The van der Waals surface area contributed by atoms with E-state index in [4.69, 9.17) is 0 Å². The molecule has 0 fully saturated rings. The highest BCUT2D eigenvalue weighted by molar-refractivity contribution is 5.94. The predicted molar refractivity (Wildman–Crippen MR) is 101 cm³/mol. The number of fused-ring (bicyclic) bond motifs is 2. The van der Waals surface area contributed by atoms with Crippen LogP contribution in [0.3, 0.4) is 0 Å². The number of nitrogens with zero attached hydrogens (tertiary/aromatic N) is 4. The van der Waals surface area contributed by atoms with E-state index >= 15 is 0 Å². The standard InChI is InChI=1S/C21H23N5O/c1-14-7-8-16-17(11-14)23-24-20(16)21(27)26-13-19-22-9-10-25(19)12-18(26)15-5-3-2-4-6-15/h2-6,9-10,14,18H,7-8,11-13H2,1H3,(H,23,24). The Hall–Kier alpha value is -2.89. The molecule has 0 spiro atoms. The number of nitrogens with one attached hydrogen (secondary N) is 1. The van der Waals surface area contributed by atoms with Gasteiger partial charge in [0.05, 0.1) is 12.6 Å². The molecule has 2 unspecified atom stereocenters. The molecule has 0 saturated heterocycles. The van der Waals surface area contributed by atoms with Gasteiger partial charge in [0, 0.05) is 30.2 Å². The summed E-state index contributed by atoms with van der Waals surface area (Å²) in [6.45, 7) is 3.47. The van der Waals surface area contributed by atoms with Gasteiger partial charge in [-0.2, -0.15) is 5.10 Å². The zero-order valence-corrected chi connectivity index (χ0v) is 15.4. The number of hydrogen-bond acceptors (Lipinski definition) is 3. The van der Waals surface area contributed by atoms with Crippen LogP contribution in [-0.4, -0.2) is 30.6 Å². The second-order valence-corrected chi connectivity index (χ2v) is 7.73. The van der Waals surface area contributed by atoms with E-state index in [0.717, 1.165) is 41.9 Å². The molecule has 0 bridgehead atoms. The average molecular weight is 361 g/mol. The molecule has 1 amide bonds. The third kappa shape index (κ3) is 2.76. The van der Waals surface area contributed by atoms with Crippen LogP contribution in [0, 0.1) is 5.92 Å². The monoisotopic (exact) mass is 361 g/mol. The van der Waals surface area contributed by atoms with Crippen molar-refractivity contribution in [2.24, 2.45) is 5.92 Å². The number of aromatic amines is 1. The Balaban J connectivity index is 1.53. The largest absolute Gasteiger partial charge is 0.331 e. The molecule has 3 heterocycles. The predicted octanol–water partition coefficient (Wildman–Crippen LogP) is 3.13. The Morgan fingerprint density at radius 1 is 1.26 bits per heavy atom. The molecule has 3 aromatic rings. The molecular weight excluding hydrogens is 338 g/mol. The first-order valence-electron chi connectivity index (χ1n) is 9.62. The molecule has 0 saturated carbocycles. The third-order valence-electron chi connectivity index (χ3n) is 5.90. The number of aromatic nitrogens is 4. The lowest BCUT2D eigenvalue weighted by Gasteiger charge is -2.36. The van der Waals surface area contributed by atoms with Crippen LogP contribution in [0.2, 0.25) is 0 Å². The van der Waals surface area contributed by atoms with E-state index in [0.29, 0.717) is 24.7 Å². The van der Waals surface area contributed by atoms with E-state index in [1.807, 2.05) is 35.5 Å². The lowest BCUT2D eigenvalue weighted by molar-refractivity contribution is 0.0577. The minimum absolute atomic E-state index is 0.00477. The molecule has 6 nitrogen and oxygen atoms in total. The Bertz CT molecular complexity index is 974. The summed E-state index contributed by atoms with van der Waals surface area (Å²) >= 11 is 0. The maximum absolute atomic E-state index is 13.5. The molecule has 5 rings (SSSR count). The van der Waals surface area contributed by atoms with Gasteiger partial charge in [0.2, 0.25) is 0 Å². The zero-order chi connectivity index (χ0) is 18.4. The van der Waals surface area contributed by atoms with Crippen LogP contribution < -0.4 is 0 Å². The lowest BCUT2D eigenvalue weighted by Crippen LogP contribution is -2.41. The topological polar surface area (TPSA) is 66.8 Å². The fourth-order valence-corrected chi connectivity index (χ4v) is 4.37. The van der Waals surface area contributed by atoms with Gasteiger partial charge < -0.3 is 9.47 Å². The van der Waals surface area contributed by atoms with Crippen LogP contribution >= 0.6 is 0 Å². The minimum atomic E-state index is -0.0183. The number of H-pyrrole nitrogens is 1. The summed E-state index contributed by atoms with van der Waals surface area (Å²) in [4.78, 5) is 19.9. The Kier molecular flexibility index (Phi) is 3.85. The highest BCUT2D eigenvalue weighted by atomic mass is 16.2. The first kappa shape index (κ1) is 16.3. The van der Waals surface area contributed by atoms with Crippen molar-refractivity contribution in [2.75, 3.05) is 0 Å². The van der Waals surface area contributed by atoms with Gasteiger partial charge in [-0.05, 0) is 30.7 Å². The van der Waals surface area contributed by atoms with Crippen molar-refractivity contribution in [3.63, 3.8) is 0 Å². The number of hydrogen-bond donors (Lipinski definition) is 1. The molecule has 2 atom stereocenters. The van der Waals surface area contributed by atoms with E-state index in [9.17, 15) is 4.79 Å². The van der Waals surface area contributed by atoms with Gasteiger partial charge >= 0.3 is 0 Å². The molecule has 1 aliphatic heterocycles. The van der Waals surface area contributed by atoms with Gasteiger partial charge in [0.25, 0.3) is 5.91 Å². The molecule has 1 aromatic carbocycles. The van der Waals surface area contributed by atoms with E-state index < -0.39 is 0 Å². The van der Waals surface area contributed by atoms with Crippen LogP contribution in [0.15, 0.2) is 42.7 Å². The van der Waals surface area contributed by atoms with Crippen molar-refractivity contribution >= 4 is 5.91 Å². The summed E-state index contributed by atoms with van der Waals surface area (Å²) in [6, 6.07) is 10.2. The molecule has 138 valence electrons. The fraction of sp³-hybridized carbons (Fsp3) is 0.381. The summed E-state index contributed by atoms with van der Waals surface area (Å²) in [5.41, 5.74) is 3.98. The van der Waals surface area contributed by atoms with E-state index in [-0.39, 0.29) is 11.9 Å². The molecule has 27 heavy (non-hydrogen) atoms. The van der Waals surface area contributed by atoms with Crippen molar-refractivity contribution in [2.45, 2.75) is 45.3 Å². The van der Waals surface area contributed by atoms with E-state index in [2.05, 4.69) is 38.8 Å². The lowest BCUT2D eigenvalue weighted by atomic mass is 9.88. The quantitative estimate of drug-likeness (QED) is 0.763. The van der Waals surface area contributed by atoms with Gasteiger partial charge in [0.1, 0.15) is 5.82 Å². The highest BCUT2D eigenvalue weighted by Gasteiger charge is 2.35. The number of rotatable bonds is 2. The van der Waals surface area contributed by atoms with Gasteiger partial charge in [-0.3, -0.25) is 9.89 Å². The molecule has 2 aliphatic rings. The maximum Gasteiger partial charge on any atom is 0.275 e. The third-order valence-corrected chi connectivity index (χ3v) is 5.90. The molecule has 0 radical (unpaired) electrons. The Morgan fingerprint density at radius 2 is 2.11 bits per heavy atom. The van der Waals surface area contributed by atoms with Crippen molar-refractivity contribution in [1.82, 2.24) is 24.6 Å². The highest BCUT2D eigenvalue weighted by Crippen LogP contribution is 2.32. The molecule has 1 aliphatic carbocycles. The number of carbonyl (C=O) groups is 1. The SMILES string of the molecule is CC1CCc2c(C(=O)N3Cc4nccn4CC3c3ccccc3)n[nH]c2C1. The number of amides is 1. The average Bonchev–Trinajstić information content (AvgIpc) is 3.33. The fourth-order valence-electron chi connectivity index (χ4n) is 4.37. The van der Waals surface area contributed by atoms with Gasteiger partial charge in [0.15, 0.2) is 5.69 Å². The molecule has 6 heteroatoms. The summed E-state index contributed by atoms with van der Waals surface area (Å²) in [7, 11) is 0. The van der Waals surface area contributed by atoms with Gasteiger partial charge in [-0.25, -0.2) is 4.98 Å². The summed E-state index contributed by atoms with van der Waals surface area (Å²) in [5.74, 6) is 1.57. The van der Waals surface area contributed by atoms with Crippen LogP contribution in [0.4, 0.5) is 0 Å². The van der Waals surface area contributed by atoms with Crippen LogP contribution in [-0.2, 0) is 25.9 Å². The van der Waals surface area contributed by atoms with Crippen molar-refractivity contribution in [3.8, 4) is 0 Å². The summed E-state index contributed by atoms with van der Waals surface area (Å²) in [6.07, 6.45) is 6.81. The number of benzene rings is 1. The molecular formula is C21H23N5O. The second-order valence-electron chi connectivity index (χ2n) is 7.73. The Morgan fingerprint density at radius 3 is 2.96 bits per heavy atom. The molecule has 2 aromatic heterocycles. The minimum Gasteiger partial charge on any atom is -0.331 e. The van der Waals surface area contributed by atoms with Crippen molar-refractivity contribution in [3.05, 3.63) is 71.1 Å². The molecule has 1 N–H and O–H groups in total. The van der Waals surface area contributed by atoms with E-state index in [1.54, 1.807) is 0 Å². The Labute approximate surface area is 158 Å². The normalized spacial score (nSPS) is 21.6. The number of carbonyl (C=O) groups excluding carboxylic acids is 1. The van der Waals surface area contributed by atoms with E-state index in [1.165, 1.54) is 0 Å². The summed E-state index contributed by atoms with van der Waals surface area (Å²) < 4.78 is 2.14. The first-order chi connectivity index (χ1) is 13.2. The van der Waals surface area contributed by atoms with Crippen molar-refractivity contribution in [1.29, 1.82) is 0 Å².